The van der Waals surface area contributed by atoms with Gasteiger partial charge >= 0.3 is 0 Å². The molecule has 82 valence electrons. The van der Waals surface area contributed by atoms with Crippen LogP contribution in [0.4, 0.5) is 0 Å². The Morgan fingerprint density at radius 1 is 1.60 bits per heavy atom. The summed E-state index contributed by atoms with van der Waals surface area (Å²) in [7, 11) is 0. The van der Waals surface area contributed by atoms with E-state index in [-0.39, 0.29) is 0 Å². The van der Waals surface area contributed by atoms with Crippen LogP contribution in [0.1, 0.15) is 12.1 Å². The minimum Gasteiger partial charge on any atom is -0.316 e. The summed E-state index contributed by atoms with van der Waals surface area (Å²) in [5.41, 5.74) is 0.932. The van der Waals surface area contributed by atoms with E-state index in [1.165, 1.54) is 6.42 Å². The van der Waals surface area contributed by atoms with E-state index >= 15 is 0 Å². The Labute approximate surface area is 99.0 Å². The van der Waals surface area contributed by atoms with Gasteiger partial charge in [0.25, 0.3) is 0 Å². The fourth-order valence-electron chi connectivity index (χ4n) is 1.62. The number of aromatic nitrogens is 2. The molecule has 2 heterocycles. The average molecular weight is 244 g/mol. The van der Waals surface area contributed by atoms with Crippen molar-refractivity contribution in [3.05, 3.63) is 16.9 Å². The van der Waals surface area contributed by atoms with Gasteiger partial charge in [0.2, 0.25) is 0 Å². The second-order valence-electron chi connectivity index (χ2n) is 3.78. The van der Waals surface area contributed by atoms with Crippen molar-refractivity contribution in [2.45, 2.75) is 18.5 Å². The molecule has 0 aromatic carbocycles. The lowest BCUT2D eigenvalue weighted by molar-refractivity contribution is 0.661. The van der Waals surface area contributed by atoms with E-state index in [0.717, 1.165) is 35.6 Å². The summed E-state index contributed by atoms with van der Waals surface area (Å²) in [6.07, 6.45) is 1.26. The molecule has 1 N–H and O–H groups in total. The molecule has 1 aliphatic heterocycles. The topological polar surface area (TPSA) is 37.8 Å². The van der Waals surface area contributed by atoms with Gasteiger partial charge in [0, 0.05) is 11.4 Å². The molecule has 3 nitrogen and oxygen atoms in total. The van der Waals surface area contributed by atoms with Crippen molar-refractivity contribution in [3.8, 4) is 0 Å². The Morgan fingerprint density at radius 3 is 3.13 bits per heavy atom. The average Bonchev–Trinajstić information content (AvgIpc) is 2.65. The zero-order chi connectivity index (χ0) is 10.7. The summed E-state index contributed by atoms with van der Waals surface area (Å²) in [6.45, 7) is 4.20. The molecule has 0 saturated carbocycles. The van der Waals surface area contributed by atoms with Crippen LogP contribution in [0.15, 0.2) is 11.2 Å². The number of rotatable bonds is 3. The van der Waals surface area contributed by atoms with E-state index in [4.69, 9.17) is 11.6 Å². The summed E-state index contributed by atoms with van der Waals surface area (Å²) in [5, 5.41) is 4.69. The third kappa shape index (κ3) is 3.33. The van der Waals surface area contributed by atoms with Crippen molar-refractivity contribution >= 4 is 23.4 Å². The SMILES string of the molecule is Cc1cc(Cl)nc(SC[C@@H]2CCNC2)n1. The fourth-order valence-corrected chi connectivity index (χ4v) is 2.95. The Bertz CT molecular complexity index is 319. The Hall–Kier alpha value is -0.320. The molecule has 1 saturated heterocycles. The first-order valence-corrected chi connectivity index (χ1v) is 6.45. The van der Waals surface area contributed by atoms with Gasteiger partial charge in [0.05, 0.1) is 0 Å². The molecule has 15 heavy (non-hydrogen) atoms. The van der Waals surface area contributed by atoms with Crippen LogP contribution in [0.25, 0.3) is 0 Å². The predicted octanol–water partition coefficient (Wildman–Crippen LogP) is 2.14. The maximum absolute atomic E-state index is 5.87. The van der Waals surface area contributed by atoms with Crippen LogP contribution in [0.2, 0.25) is 5.15 Å². The number of nitrogens with one attached hydrogen (secondary N) is 1. The van der Waals surface area contributed by atoms with Crippen LogP contribution >= 0.6 is 23.4 Å². The molecular formula is C10H14ClN3S. The Morgan fingerprint density at radius 2 is 2.47 bits per heavy atom. The second-order valence-corrected chi connectivity index (χ2v) is 5.16. The smallest absolute Gasteiger partial charge is 0.189 e. The van der Waals surface area contributed by atoms with Gasteiger partial charge in [-0.3, -0.25) is 0 Å². The van der Waals surface area contributed by atoms with Crippen LogP contribution < -0.4 is 5.32 Å². The summed E-state index contributed by atoms with van der Waals surface area (Å²) >= 11 is 7.57. The van der Waals surface area contributed by atoms with E-state index in [1.54, 1.807) is 17.8 Å². The second kappa shape index (κ2) is 5.14. The maximum Gasteiger partial charge on any atom is 0.189 e. The van der Waals surface area contributed by atoms with E-state index in [9.17, 15) is 0 Å². The molecule has 1 aromatic heterocycles. The number of aryl methyl sites for hydroxylation is 1. The minimum atomic E-state index is 0.537. The molecule has 0 unspecified atom stereocenters. The highest BCUT2D eigenvalue weighted by Gasteiger charge is 2.15. The van der Waals surface area contributed by atoms with Crippen LogP contribution in [0.5, 0.6) is 0 Å². The molecule has 1 atom stereocenters. The fraction of sp³-hybridized carbons (Fsp3) is 0.600. The quantitative estimate of drug-likeness (QED) is 0.502. The molecule has 0 spiro atoms. The van der Waals surface area contributed by atoms with Crippen molar-refractivity contribution in [1.82, 2.24) is 15.3 Å². The summed E-state index contributed by atoms with van der Waals surface area (Å²) in [4.78, 5) is 8.53. The molecule has 5 heteroatoms. The third-order valence-electron chi connectivity index (χ3n) is 2.41. The van der Waals surface area contributed by atoms with Crippen molar-refractivity contribution in [2.24, 2.45) is 5.92 Å². The summed E-state index contributed by atoms with van der Waals surface area (Å²) in [6, 6.07) is 1.78. The van der Waals surface area contributed by atoms with Gasteiger partial charge in [-0.15, -0.1) is 0 Å². The third-order valence-corrected chi connectivity index (χ3v) is 3.69. The first-order valence-electron chi connectivity index (χ1n) is 5.09. The van der Waals surface area contributed by atoms with Crippen molar-refractivity contribution < 1.29 is 0 Å². The molecular weight excluding hydrogens is 230 g/mol. The molecule has 0 radical (unpaired) electrons. The van der Waals surface area contributed by atoms with E-state index < -0.39 is 0 Å². The zero-order valence-corrected chi connectivity index (χ0v) is 10.2. The Balaban J connectivity index is 1.92. The molecule has 0 amide bonds. The lowest BCUT2D eigenvalue weighted by Crippen LogP contribution is -2.10. The highest BCUT2D eigenvalue weighted by Crippen LogP contribution is 2.21. The minimum absolute atomic E-state index is 0.537. The summed E-state index contributed by atoms with van der Waals surface area (Å²) in [5.74, 6) is 1.82. The largest absolute Gasteiger partial charge is 0.316 e. The van der Waals surface area contributed by atoms with Gasteiger partial charge in [0.15, 0.2) is 5.16 Å². The van der Waals surface area contributed by atoms with Gasteiger partial charge in [-0.05, 0) is 38.4 Å². The van der Waals surface area contributed by atoms with Gasteiger partial charge in [-0.25, -0.2) is 9.97 Å². The Kier molecular flexibility index (Phi) is 3.83. The summed E-state index contributed by atoms with van der Waals surface area (Å²) < 4.78 is 0. The number of thioether (sulfide) groups is 1. The van der Waals surface area contributed by atoms with Crippen LogP contribution in [0.3, 0.4) is 0 Å². The number of halogens is 1. The van der Waals surface area contributed by atoms with Gasteiger partial charge in [-0.1, -0.05) is 23.4 Å². The normalized spacial score (nSPS) is 20.8. The predicted molar refractivity (Wildman–Crippen MR) is 63.5 cm³/mol. The highest BCUT2D eigenvalue weighted by atomic mass is 35.5. The first-order chi connectivity index (χ1) is 7.24. The lowest BCUT2D eigenvalue weighted by Gasteiger charge is -2.06. The van der Waals surface area contributed by atoms with Crippen LogP contribution in [-0.2, 0) is 0 Å². The van der Waals surface area contributed by atoms with Crippen LogP contribution in [-0.4, -0.2) is 28.8 Å². The maximum atomic E-state index is 5.87. The van der Waals surface area contributed by atoms with Crippen molar-refractivity contribution in [1.29, 1.82) is 0 Å². The molecule has 0 aliphatic carbocycles. The van der Waals surface area contributed by atoms with Gasteiger partial charge in [-0.2, -0.15) is 0 Å². The lowest BCUT2D eigenvalue weighted by atomic mass is 10.2. The first kappa shape index (κ1) is 11.2. The van der Waals surface area contributed by atoms with E-state index in [1.807, 2.05) is 6.92 Å². The molecule has 0 bridgehead atoms. The van der Waals surface area contributed by atoms with Crippen molar-refractivity contribution in [3.63, 3.8) is 0 Å². The molecule has 1 fully saturated rings. The standard InChI is InChI=1S/C10H14ClN3S/c1-7-4-9(11)14-10(13-7)15-6-8-2-3-12-5-8/h4,8,12H,2-3,5-6H2,1H3/t8-/m1/s1. The van der Waals surface area contributed by atoms with Gasteiger partial charge < -0.3 is 5.32 Å². The number of nitrogens with zero attached hydrogens (tertiary/aromatic N) is 2. The van der Waals surface area contributed by atoms with Crippen molar-refractivity contribution in [2.75, 3.05) is 18.8 Å². The monoisotopic (exact) mass is 243 g/mol. The molecule has 2 rings (SSSR count). The molecule has 1 aromatic rings. The number of hydrogen-bond donors (Lipinski definition) is 1. The molecule has 1 aliphatic rings. The van der Waals surface area contributed by atoms with Gasteiger partial charge in [0.1, 0.15) is 5.15 Å². The van der Waals surface area contributed by atoms with Crippen LogP contribution in [0, 0.1) is 12.8 Å². The highest BCUT2D eigenvalue weighted by molar-refractivity contribution is 7.99. The number of hydrogen-bond acceptors (Lipinski definition) is 4. The zero-order valence-electron chi connectivity index (χ0n) is 8.66. The van der Waals surface area contributed by atoms with E-state index in [0.29, 0.717) is 5.15 Å². The van der Waals surface area contributed by atoms with E-state index in [2.05, 4.69) is 15.3 Å².